The average Bonchev–Trinajstić information content (AvgIpc) is 3.48. The summed E-state index contributed by atoms with van der Waals surface area (Å²) in [5, 5.41) is 0.466. The number of oxazole rings is 1. The zero-order valence-electron chi connectivity index (χ0n) is 21.8. The maximum atomic E-state index is 13.5. The van der Waals surface area contributed by atoms with Gasteiger partial charge in [-0.1, -0.05) is 24.6 Å². The van der Waals surface area contributed by atoms with Crippen LogP contribution in [0.1, 0.15) is 41.9 Å². The van der Waals surface area contributed by atoms with Crippen molar-refractivity contribution in [2.45, 2.75) is 32.2 Å². The molecule has 1 atom stereocenters. The lowest BCUT2D eigenvalue weighted by Gasteiger charge is -2.21. The second-order valence-electron chi connectivity index (χ2n) is 8.83. The number of benzene rings is 1. The fourth-order valence-corrected chi connectivity index (χ4v) is 4.50. The summed E-state index contributed by atoms with van der Waals surface area (Å²) in [7, 11) is 3.02. The Bertz CT molecular complexity index is 1510. The van der Waals surface area contributed by atoms with Crippen molar-refractivity contribution in [2.24, 2.45) is 0 Å². The van der Waals surface area contributed by atoms with Crippen molar-refractivity contribution in [3.05, 3.63) is 88.0 Å². The number of rotatable bonds is 12. The van der Waals surface area contributed by atoms with Gasteiger partial charge in [0.15, 0.2) is 23.7 Å². The van der Waals surface area contributed by atoms with E-state index in [2.05, 4.69) is 9.97 Å². The smallest absolute Gasteiger partial charge is 0.252 e. The van der Waals surface area contributed by atoms with Gasteiger partial charge in [0.05, 0.1) is 25.5 Å². The molecule has 1 unspecified atom stereocenters. The molecule has 0 aliphatic heterocycles. The number of Topliss-reactive ketones (excluding diaryl/α,β-unsaturated/α-hetero) is 2. The molecule has 0 radical (unpaired) electrons. The first-order valence-electron chi connectivity index (χ1n) is 12.3. The predicted molar refractivity (Wildman–Crippen MR) is 146 cm³/mol. The molecule has 0 fully saturated rings. The van der Waals surface area contributed by atoms with Crippen LogP contribution in [0.4, 0.5) is 0 Å². The van der Waals surface area contributed by atoms with E-state index in [1.807, 2.05) is 0 Å². The molecule has 0 aliphatic rings. The summed E-state index contributed by atoms with van der Waals surface area (Å²) < 4.78 is 17.8. The molecule has 3 heterocycles. The number of methoxy groups -OCH3 is 2. The molecule has 3 aromatic heterocycles. The lowest BCUT2D eigenvalue weighted by atomic mass is 9.97. The molecule has 4 rings (SSSR count). The van der Waals surface area contributed by atoms with Gasteiger partial charge in [0.25, 0.3) is 5.56 Å². The molecular weight excluding hydrogens is 522 g/mol. The highest BCUT2D eigenvalue weighted by atomic mass is 35.5. The third-order valence-corrected chi connectivity index (χ3v) is 6.58. The lowest BCUT2D eigenvalue weighted by Crippen LogP contribution is -2.31. The van der Waals surface area contributed by atoms with Crippen LogP contribution < -0.4 is 10.3 Å². The summed E-state index contributed by atoms with van der Waals surface area (Å²) in [4.78, 5) is 47.0. The molecule has 0 spiro atoms. The predicted octanol–water partition coefficient (Wildman–Crippen LogP) is 5.21. The minimum absolute atomic E-state index is 0.0302. The first kappa shape index (κ1) is 27.9. The Hall–Kier alpha value is -4.08. The number of carbonyl (C=O) groups is 2. The number of aromatic nitrogens is 3. The van der Waals surface area contributed by atoms with E-state index in [9.17, 15) is 14.4 Å². The van der Waals surface area contributed by atoms with Gasteiger partial charge in [-0.3, -0.25) is 19.4 Å². The van der Waals surface area contributed by atoms with E-state index in [1.54, 1.807) is 43.5 Å². The zero-order chi connectivity index (χ0) is 27.9. The van der Waals surface area contributed by atoms with E-state index in [0.29, 0.717) is 50.9 Å². The fourth-order valence-electron chi connectivity index (χ4n) is 4.33. The summed E-state index contributed by atoms with van der Waals surface area (Å²) >= 11 is 6.30. The molecule has 0 saturated carbocycles. The zero-order valence-corrected chi connectivity index (χ0v) is 22.6. The fraction of sp³-hybridized carbons (Fsp3) is 0.276. The molecule has 10 heteroatoms. The van der Waals surface area contributed by atoms with Crippen LogP contribution in [0.5, 0.6) is 5.75 Å². The van der Waals surface area contributed by atoms with Gasteiger partial charge in [0.1, 0.15) is 11.4 Å². The molecule has 0 N–H and O–H groups in total. The van der Waals surface area contributed by atoms with Crippen molar-refractivity contribution in [3.8, 4) is 28.2 Å². The Kier molecular flexibility index (Phi) is 9.06. The van der Waals surface area contributed by atoms with E-state index >= 15 is 0 Å². The van der Waals surface area contributed by atoms with Crippen LogP contribution in [0.2, 0.25) is 5.02 Å². The van der Waals surface area contributed by atoms with Gasteiger partial charge in [-0.05, 0) is 41.8 Å². The third kappa shape index (κ3) is 6.32. The van der Waals surface area contributed by atoms with Gasteiger partial charge in [0, 0.05) is 55.0 Å². The minimum atomic E-state index is -0.814. The Balaban J connectivity index is 1.72. The second-order valence-corrected chi connectivity index (χ2v) is 9.26. The van der Waals surface area contributed by atoms with E-state index in [4.69, 9.17) is 25.5 Å². The molecule has 0 aliphatic carbocycles. The molecule has 9 nitrogen and oxygen atoms in total. The van der Waals surface area contributed by atoms with Gasteiger partial charge >= 0.3 is 0 Å². The van der Waals surface area contributed by atoms with Gasteiger partial charge in [-0.2, -0.15) is 0 Å². The van der Waals surface area contributed by atoms with Crippen molar-refractivity contribution in [1.82, 2.24) is 14.5 Å². The van der Waals surface area contributed by atoms with Crippen LogP contribution in [0, 0.1) is 0 Å². The highest BCUT2D eigenvalue weighted by Gasteiger charge is 2.25. The second kappa shape index (κ2) is 12.6. The molecule has 39 heavy (non-hydrogen) atoms. The first-order valence-corrected chi connectivity index (χ1v) is 12.7. The van der Waals surface area contributed by atoms with Crippen molar-refractivity contribution in [2.75, 3.05) is 20.8 Å². The first-order chi connectivity index (χ1) is 18.9. The largest absolute Gasteiger partial charge is 0.495 e. The van der Waals surface area contributed by atoms with Crippen molar-refractivity contribution >= 4 is 23.2 Å². The number of pyridine rings is 2. The van der Waals surface area contributed by atoms with Crippen molar-refractivity contribution in [1.29, 1.82) is 0 Å². The molecule has 4 aromatic rings. The highest BCUT2D eigenvalue weighted by Crippen LogP contribution is 2.38. The molecule has 202 valence electrons. The molecule has 0 amide bonds. The molecule has 0 bridgehead atoms. The standard InChI is InChI=1S/C29H28ClN3O6/c1-4-25(34)23-8-5-18(14-32-23)11-26(35)24(9-10-37-2)33-16-28(38-3)22(13-29(33)36)21-12-19(30)6-7-20(21)27-15-31-17-39-27/h5-8,12-17,24H,4,9-11H2,1-3H3. The third-order valence-electron chi connectivity index (χ3n) is 6.35. The maximum absolute atomic E-state index is 13.5. The van der Waals surface area contributed by atoms with Gasteiger partial charge in [-0.15, -0.1) is 0 Å². The summed E-state index contributed by atoms with van der Waals surface area (Å²) in [5.74, 6) is 0.597. The number of hydrogen-bond donors (Lipinski definition) is 0. The molecule has 0 saturated heterocycles. The van der Waals surface area contributed by atoms with Crippen LogP contribution in [0.15, 0.2) is 70.6 Å². The van der Waals surface area contributed by atoms with Crippen LogP contribution in [0.3, 0.4) is 0 Å². The van der Waals surface area contributed by atoms with E-state index in [-0.39, 0.29) is 31.0 Å². The average molecular weight is 550 g/mol. The van der Waals surface area contributed by atoms with Gasteiger partial charge in [0.2, 0.25) is 0 Å². The van der Waals surface area contributed by atoms with Crippen molar-refractivity contribution in [3.63, 3.8) is 0 Å². The minimum Gasteiger partial charge on any atom is -0.495 e. The maximum Gasteiger partial charge on any atom is 0.252 e. The quantitative estimate of drug-likeness (QED) is 0.221. The number of halogens is 1. The van der Waals surface area contributed by atoms with Gasteiger partial charge in [-0.25, -0.2) is 4.98 Å². The summed E-state index contributed by atoms with van der Waals surface area (Å²) in [6.45, 7) is 2.03. The highest BCUT2D eigenvalue weighted by molar-refractivity contribution is 6.31. The molecule has 1 aromatic carbocycles. The van der Waals surface area contributed by atoms with E-state index in [1.165, 1.54) is 43.6 Å². The lowest BCUT2D eigenvalue weighted by molar-refractivity contribution is -0.122. The SMILES string of the molecule is CCC(=O)c1ccc(CC(=O)C(CCOC)n2cc(OC)c(-c3cc(Cl)ccc3-c3cnco3)cc2=O)cn1. The summed E-state index contributed by atoms with van der Waals surface area (Å²) in [6, 6.07) is 9.14. The van der Waals surface area contributed by atoms with Crippen molar-refractivity contribution < 1.29 is 23.5 Å². The summed E-state index contributed by atoms with van der Waals surface area (Å²) in [5.41, 5.74) is 2.38. The Morgan fingerprint density at radius 2 is 1.90 bits per heavy atom. The van der Waals surface area contributed by atoms with Crippen LogP contribution in [-0.4, -0.2) is 46.9 Å². The Morgan fingerprint density at radius 3 is 2.54 bits per heavy atom. The van der Waals surface area contributed by atoms with E-state index < -0.39 is 11.6 Å². The monoisotopic (exact) mass is 549 g/mol. The van der Waals surface area contributed by atoms with Crippen LogP contribution in [0.25, 0.3) is 22.5 Å². The van der Waals surface area contributed by atoms with E-state index in [0.717, 1.165) is 0 Å². The normalized spacial score (nSPS) is 11.8. The number of hydrogen-bond acceptors (Lipinski definition) is 8. The van der Waals surface area contributed by atoms with Crippen LogP contribution >= 0.6 is 11.6 Å². The Morgan fingerprint density at radius 1 is 1.08 bits per heavy atom. The number of nitrogens with zero attached hydrogens (tertiary/aromatic N) is 3. The number of ether oxygens (including phenoxy) is 2. The topological polar surface area (TPSA) is 114 Å². The Labute approximate surface area is 230 Å². The van der Waals surface area contributed by atoms with Gasteiger partial charge < -0.3 is 18.5 Å². The number of ketones is 2. The molecular formula is C29H28ClN3O6. The summed E-state index contributed by atoms with van der Waals surface area (Å²) in [6.07, 6.45) is 6.59. The van der Waals surface area contributed by atoms with Crippen LogP contribution in [-0.2, 0) is 16.0 Å². The number of carbonyl (C=O) groups excluding carboxylic acids is 2.